The Labute approximate surface area is 82.2 Å². The molecule has 0 heterocycles. The molecule has 0 fully saturated rings. The van der Waals surface area contributed by atoms with Gasteiger partial charge in [0.2, 0.25) is 0 Å². The third kappa shape index (κ3) is 2.54. The fourth-order valence-electron chi connectivity index (χ4n) is 1.02. The standard InChI is InChI=1S/C10H11ClO2/c1-2-9(12)10(13)7-4-3-5-8(11)6-7/h3-6,9,12H,2H2,1H3. The maximum absolute atomic E-state index is 11.4. The van der Waals surface area contributed by atoms with Gasteiger partial charge < -0.3 is 5.11 Å². The number of carbonyl (C=O) groups is 1. The van der Waals surface area contributed by atoms with Gasteiger partial charge in [0.15, 0.2) is 5.78 Å². The summed E-state index contributed by atoms with van der Waals surface area (Å²) in [6, 6.07) is 6.59. The van der Waals surface area contributed by atoms with E-state index in [0.29, 0.717) is 17.0 Å². The first-order chi connectivity index (χ1) is 6.15. The zero-order chi connectivity index (χ0) is 9.84. The van der Waals surface area contributed by atoms with Gasteiger partial charge in [-0.1, -0.05) is 30.7 Å². The minimum atomic E-state index is -0.918. The molecule has 3 heteroatoms. The van der Waals surface area contributed by atoms with Crippen molar-refractivity contribution in [2.45, 2.75) is 19.4 Å². The predicted octanol–water partition coefficient (Wildman–Crippen LogP) is 2.29. The number of Topliss-reactive ketones (excluding diaryl/α,β-unsaturated/α-hetero) is 1. The van der Waals surface area contributed by atoms with Crippen molar-refractivity contribution in [3.05, 3.63) is 34.9 Å². The van der Waals surface area contributed by atoms with E-state index in [1.807, 2.05) is 0 Å². The quantitative estimate of drug-likeness (QED) is 0.757. The molecule has 1 unspecified atom stereocenters. The molecule has 13 heavy (non-hydrogen) atoms. The second-order valence-electron chi connectivity index (χ2n) is 2.80. The van der Waals surface area contributed by atoms with Gasteiger partial charge >= 0.3 is 0 Å². The lowest BCUT2D eigenvalue weighted by Crippen LogP contribution is -2.18. The van der Waals surface area contributed by atoms with Gasteiger partial charge in [-0.25, -0.2) is 0 Å². The van der Waals surface area contributed by atoms with Crippen molar-refractivity contribution in [2.75, 3.05) is 0 Å². The van der Waals surface area contributed by atoms with Crippen LogP contribution in [0.3, 0.4) is 0 Å². The van der Waals surface area contributed by atoms with Crippen LogP contribution in [0, 0.1) is 0 Å². The number of hydrogen-bond acceptors (Lipinski definition) is 2. The number of aliphatic hydroxyl groups excluding tert-OH is 1. The highest BCUT2D eigenvalue weighted by atomic mass is 35.5. The van der Waals surface area contributed by atoms with E-state index in [-0.39, 0.29) is 5.78 Å². The zero-order valence-corrected chi connectivity index (χ0v) is 8.08. The molecule has 1 rings (SSSR count). The molecule has 1 aromatic carbocycles. The molecule has 2 nitrogen and oxygen atoms in total. The molecule has 0 amide bonds. The molecule has 0 aromatic heterocycles. The van der Waals surface area contributed by atoms with Crippen molar-refractivity contribution in [3.8, 4) is 0 Å². The van der Waals surface area contributed by atoms with Gasteiger partial charge in [0, 0.05) is 10.6 Å². The molecule has 0 aliphatic carbocycles. The number of halogens is 1. The molecule has 0 bridgehead atoms. The number of hydrogen-bond donors (Lipinski definition) is 1. The van der Waals surface area contributed by atoms with Gasteiger partial charge in [-0.3, -0.25) is 4.79 Å². The molecular weight excluding hydrogens is 188 g/mol. The van der Waals surface area contributed by atoms with Crippen LogP contribution in [0.1, 0.15) is 23.7 Å². The molecule has 0 saturated carbocycles. The predicted molar refractivity (Wildman–Crippen MR) is 52.1 cm³/mol. The van der Waals surface area contributed by atoms with Gasteiger partial charge in [0.1, 0.15) is 6.10 Å². The van der Waals surface area contributed by atoms with Crippen LogP contribution < -0.4 is 0 Å². The Morgan fingerprint density at radius 2 is 2.31 bits per heavy atom. The third-order valence-electron chi connectivity index (χ3n) is 1.80. The average molecular weight is 199 g/mol. The molecule has 0 aliphatic heterocycles. The summed E-state index contributed by atoms with van der Waals surface area (Å²) in [5.41, 5.74) is 0.460. The minimum absolute atomic E-state index is 0.273. The van der Waals surface area contributed by atoms with Crippen LogP contribution in [0.15, 0.2) is 24.3 Å². The van der Waals surface area contributed by atoms with Crippen molar-refractivity contribution in [3.63, 3.8) is 0 Å². The number of benzene rings is 1. The van der Waals surface area contributed by atoms with Crippen LogP contribution in [0.25, 0.3) is 0 Å². The number of carbonyl (C=O) groups excluding carboxylic acids is 1. The third-order valence-corrected chi connectivity index (χ3v) is 2.03. The Bertz CT molecular complexity index is 310. The average Bonchev–Trinajstić information content (AvgIpc) is 2.15. The summed E-state index contributed by atoms with van der Waals surface area (Å²) in [5, 5.41) is 9.79. The summed E-state index contributed by atoms with van der Waals surface area (Å²) >= 11 is 5.70. The van der Waals surface area contributed by atoms with Crippen molar-refractivity contribution >= 4 is 17.4 Å². The fourth-order valence-corrected chi connectivity index (χ4v) is 1.21. The summed E-state index contributed by atoms with van der Waals surface area (Å²) in [6.45, 7) is 1.76. The molecule has 0 radical (unpaired) electrons. The normalized spacial score (nSPS) is 12.5. The molecular formula is C10H11ClO2. The SMILES string of the molecule is CCC(O)C(=O)c1cccc(Cl)c1. The van der Waals surface area contributed by atoms with Crippen molar-refractivity contribution < 1.29 is 9.90 Å². The minimum Gasteiger partial charge on any atom is -0.385 e. The summed E-state index contributed by atoms with van der Waals surface area (Å²) in [5.74, 6) is -0.273. The monoisotopic (exact) mass is 198 g/mol. The number of ketones is 1. The summed E-state index contributed by atoms with van der Waals surface area (Å²) in [4.78, 5) is 11.4. The van der Waals surface area contributed by atoms with E-state index >= 15 is 0 Å². The molecule has 1 aromatic rings. The van der Waals surface area contributed by atoms with Gasteiger partial charge in [0.25, 0.3) is 0 Å². The largest absolute Gasteiger partial charge is 0.385 e. The molecule has 1 atom stereocenters. The van der Waals surface area contributed by atoms with E-state index in [1.54, 1.807) is 31.2 Å². The Hall–Kier alpha value is -0.860. The summed E-state index contributed by atoms with van der Waals surface area (Å²) < 4.78 is 0. The van der Waals surface area contributed by atoms with Crippen LogP contribution in [0.2, 0.25) is 5.02 Å². The maximum Gasteiger partial charge on any atom is 0.191 e. The fraction of sp³-hybridized carbons (Fsp3) is 0.300. The topological polar surface area (TPSA) is 37.3 Å². The summed E-state index contributed by atoms with van der Waals surface area (Å²) in [6.07, 6.45) is -0.496. The zero-order valence-electron chi connectivity index (χ0n) is 7.33. The van der Waals surface area contributed by atoms with Gasteiger partial charge in [-0.2, -0.15) is 0 Å². The second-order valence-corrected chi connectivity index (χ2v) is 3.24. The van der Waals surface area contributed by atoms with Gasteiger partial charge in [0.05, 0.1) is 0 Å². The number of rotatable bonds is 3. The lowest BCUT2D eigenvalue weighted by molar-refractivity contribution is 0.0740. The molecule has 0 aliphatic rings. The van der Waals surface area contributed by atoms with E-state index in [4.69, 9.17) is 11.6 Å². The smallest absolute Gasteiger partial charge is 0.191 e. The first kappa shape index (κ1) is 10.2. The molecule has 1 N–H and O–H groups in total. The maximum atomic E-state index is 11.4. The van der Waals surface area contributed by atoms with Crippen LogP contribution >= 0.6 is 11.6 Å². The first-order valence-corrected chi connectivity index (χ1v) is 4.50. The van der Waals surface area contributed by atoms with E-state index in [9.17, 15) is 9.90 Å². The highest BCUT2D eigenvalue weighted by Gasteiger charge is 2.14. The van der Waals surface area contributed by atoms with Crippen LogP contribution in [0.4, 0.5) is 0 Å². The van der Waals surface area contributed by atoms with Crippen molar-refractivity contribution in [1.29, 1.82) is 0 Å². The number of aliphatic hydroxyl groups is 1. The highest BCUT2D eigenvalue weighted by molar-refractivity contribution is 6.31. The molecule has 70 valence electrons. The molecule has 0 spiro atoms. The Morgan fingerprint density at radius 1 is 1.62 bits per heavy atom. The van der Waals surface area contributed by atoms with Gasteiger partial charge in [-0.05, 0) is 18.6 Å². The van der Waals surface area contributed by atoms with E-state index in [0.717, 1.165) is 0 Å². The van der Waals surface area contributed by atoms with Gasteiger partial charge in [-0.15, -0.1) is 0 Å². The lowest BCUT2D eigenvalue weighted by atomic mass is 10.1. The van der Waals surface area contributed by atoms with Crippen LogP contribution in [-0.4, -0.2) is 17.0 Å². The van der Waals surface area contributed by atoms with Crippen molar-refractivity contribution in [1.82, 2.24) is 0 Å². The Morgan fingerprint density at radius 3 is 2.85 bits per heavy atom. The summed E-state index contributed by atoms with van der Waals surface area (Å²) in [7, 11) is 0. The van der Waals surface area contributed by atoms with Crippen LogP contribution in [-0.2, 0) is 0 Å². The Kier molecular flexibility index (Phi) is 3.46. The lowest BCUT2D eigenvalue weighted by Gasteiger charge is -2.06. The van der Waals surface area contributed by atoms with E-state index in [1.165, 1.54) is 0 Å². The first-order valence-electron chi connectivity index (χ1n) is 4.13. The van der Waals surface area contributed by atoms with Crippen molar-refractivity contribution in [2.24, 2.45) is 0 Å². The molecule has 0 saturated heterocycles. The van der Waals surface area contributed by atoms with Crippen LogP contribution in [0.5, 0.6) is 0 Å². The van der Waals surface area contributed by atoms with E-state index in [2.05, 4.69) is 0 Å². The Balaban J connectivity index is 2.89. The van der Waals surface area contributed by atoms with E-state index < -0.39 is 6.10 Å². The highest BCUT2D eigenvalue weighted by Crippen LogP contribution is 2.13. The second kappa shape index (κ2) is 4.40.